The number of hydrogen-bond donors (Lipinski definition) is 0. The second-order valence-corrected chi connectivity index (χ2v) is 6.17. The molecule has 7 nitrogen and oxygen atoms in total. The van der Waals surface area contributed by atoms with Crippen molar-refractivity contribution in [2.75, 3.05) is 26.2 Å². The average molecular weight is 328 g/mol. The van der Waals surface area contributed by atoms with E-state index in [-0.39, 0.29) is 18.1 Å². The number of furan rings is 1. The highest BCUT2D eigenvalue weighted by Gasteiger charge is 2.39. The van der Waals surface area contributed by atoms with Crippen LogP contribution in [0.4, 0.5) is 0 Å². The zero-order valence-electron chi connectivity index (χ0n) is 13.4. The van der Waals surface area contributed by atoms with E-state index >= 15 is 0 Å². The van der Waals surface area contributed by atoms with Gasteiger partial charge in [0, 0.05) is 32.0 Å². The van der Waals surface area contributed by atoms with Crippen molar-refractivity contribution >= 4 is 5.91 Å². The summed E-state index contributed by atoms with van der Waals surface area (Å²) in [5.74, 6) is 0.873. The summed E-state index contributed by atoms with van der Waals surface area (Å²) < 4.78 is 11.3. The quantitative estimate of drug-likeness (QED) is 0.843. The molecule has 2 aromatic rings. The van der Waals surface area contributed by atoms with Crippen molar-refractivity contribution in [1.82, 2.24) is 19.8 Å². The highest BCUT2D eigenvalue weighted by atomic mass is 16.5. The first-order valence-corrected chi connectivity index (χ1v) is 8.24. The molecule has 4 rings (SSSR count). The summed E-state index contributed by atoms with van der Waals surface area (Å²) >= 11 is 0. The third-order valence-corrected chi connectivity index (χ3v) is 4.67. The maximum atomic E-state index is 12.8. The fourth-order valence-electron chi connectivity index (χ4n) is 3.51. The fraction of sp³-hybridized carbons (Fsp3) is 0.471. The van der Waals surface area contributed by atoms with Crippen molar-refractivity contribution in [1.29, 1.82) is 0 Å². The Bertz CT molecular complexity index is 676. The lowest BCUT2D eigenvalue weighted by Crippen LogP contribution is -2.61. The van der Waals surface area contributed by atoms with E-state index in [1.165, 1.54) is 6.20 Å². The molecular formula is C17H20N4O3. The van der Waals surface area contributed by atoms with Crippen LogP contribution in [-0.4, -0.2) is 64.1 Å². The molecule has 2 aromatic heterocycles. The topological polar surface area (TPSA) is 71.7 Å². The molecule has 0 aliphatic carbocycles. The van der Waals surface area contributed by atoms with E-state index in [0.29, 0.717) is 18.8 Å². The zero-order valence-corrected chi connectivity index (χ0v) is 13.4. The molecule has 2 aliphatic rings. The van der Waals surface area contributed by atoms with E-state index in [1.807, 2.05) is 17.0 Å². The molecule has 0 aromatic carbocycles. The number of ether oxygens (including phenoxy) is 1. The number of carbonyl (C=O) groups is 1. The van der Waals surface area contributed by atoms with Gasteiger partial charge in [0.1, 0.15) is 11.5 Å². The highest BCUT2D eigenvalue weighted by Crippen LogP contribution is 2.25. The third kappa shape index (κ3) is 3.05. The molecular weight excluding hydrogens is 308 g/mol. The first-order chi connectivity index (χ1) is 11.8. The van der Waals surface area contributed by atoms with Gasteiger partial charge in [-0.05, 0) is 18.6 Å². The molecule has 2 aliphatic heterocycles. The van der Waals surface area contributed by atoms with Crippen molar-refractivity contribution in [3.63, 3.8) is 0 Å². The molecule has 0 spiro atoms. The number of aromatic nitrogens is 2. The third-order valence-electron chi connectivity index (χ3n) is 4.67. The van der Waals surface area contributed by atoms with E-state index in [0.717, 1.165) is 31.8 Å². The van der Waals surface area contributed by atoms with Crippen molar-refractivity contribution in [2.24, 2.45) is 0 Å². The SMILES string of the molecule is O=C(c1cnccn1)N1CCO[C@H]2CCN(Cc3ccco3)C[C@@H]21. The molecule has 1 amide bonds. The van der Waals surface area contributed by atoms with Crippen LogP contribution in [0.5, 0.6) is 0 Å². The first-order valence-electron chi connectivity index (χ1n) is 8.24. The minimum Gasteiger partial charge on any atom is -0.468 e. The van der Waals surface area contributed by atoms with Gasteiger partial charge in [-0.3, -0.25) is 14.7 Å². The number of likely N-dealkylation sites (tertiary alicyclic amines) is 1. The lowest BCUT2D eigenvalue weighted by molar-refractivity contribution is -0.0921. The molecule has 0 saturated carbocycles. The van der Waals surface area contributed by atoms with Gasteiger partial charge in [-0.25, -0.2) is 4.98 Å². The van der Waals surface area contributed by atoms with Crippen molar-refractivity contribution in [3.8, 4) is 0 Å². The fourth-order valence-corrected chi connectivity index (χ4v) is 3.51. The van der Waals surface area contributed by atoms with Crippen LogP contribution in [0.1, 0.15) is 22.7 Å². The van der Waals surface area contributed by atoms with Crippen LogP contribution in [-0.2, 0) is 11.3 Å². The van der Waals surface area contributed by atoms with E-state index in [1.54, 1.807) is 18.7 Å². The Morgan fingerprint density at radius 2 is 2.29 bits per heavy atom. The average Bonchev–Trinajstić information content (AvgIpc) is 3.14. The van der Waals surface area contributed by atoms with Crippen LogP contribution in [0.2, 0.25) is 0 Å². The first kappa shape index (κ1) is 15.3. The van der Waals surface area contributed by atoms with Gasteiger partial charge in [0.15, 0.2) is 0 Å². The molecule has 2 saturated heterocycles. The molecule has 24 heavy (non-hydrogen) atoms. The van der Waals surface area contributed by atoms with Crippen LogP contribution in [0, 0.1) is 0 Å². The molecule has 4 heterocycles. The van der Waals surface area contributed by atoms with E-state index in [2.05, 4.69) is 14.9 Å². The monoisotopic (exact) mass is 328 g/mol. The Morgan fingerprint density at radius 1 is 1.33 bits per heavy atom. The predicted octanol–water partition coefficient (Wildman–Crippen LogP) is 1.19. The summed E-state index contributed by atoms with van der Waals surface area (Å²) in [7, 11) is 0. The minimum absolute atomic E-state index is 0.0389. The zero-order chi connectivity index (χ0) is 16.4. The van der Waals surface area contributed by atoms with Crippen LogP contribution >= 0.6 is 0 Å². The standard InChI is InChI=1S/C17H20N4O3/c22-17(14-10-18-4-5-19-14)21-7-9-24-16-3-6-20(12-15(16)21)11-13-2-1-8-23-13/h1-2,4-5,8,10,15-16H,3,6-7,9,11-12H2/t15-,16-/m0/s1. The second kappa shape index (κ2) is 6.70. The molecule has 0 N–H and O–H groups in total. The van der Waals surface area contributed by atoms with Gasteiger partial charge in [0.25, 0.3) is 5.91 Å². The van der Waals surface area contributed by atoms with Gasteiger partial charge in [-0.2, -0.15) is 0 Å². The maximum Gasteiger partial charge on any atom is 0.274 e. The van der Waals surface area contributed by atoms with Gasteiger partial charge < -0.3 is 14.1 Å². The Balaban J connectivity index is 1.49. The Labute approximate surface area is 140 Å². The van der Waals surface area contributed by atoms with Crippen molar-refractivity contribution in [3.05, 3.63) is 48.4 Å². The van der Waals surface area contributed by atoms with Crippen LogP contribution < -0.4 is 0 Å². The predicted molar refractivity (Wildman–Crippen MR) is 85.2 cm³/mol. The maximum absolute atomic E-state index is 12.8. The molecule has 2 atom stereocenters. The summed E-state index contributed by atoms with van der Waals surface area (Å²) in [4.78, 5) is 25.2. The number of rotatable bonds is 3. The molecule has 0 unspecified atom stereocenters. The number of nitrogens with zero attached hydrogens (tertiary/aromatic N) is 4. The molecule has 126 valence electrons. The van der Waals surface area contributed by atoms with E-state index in [4.69, 9.17) is 9.15 Å². The number of carbonyl (C=O) groups excluding carboxylic acids is 1. The molecule has 2 fully saturated rings. The Kier molecular flexibility index (Phi) is 4.27. The molecule has 7 heteroatoms. The summed E-state index contributed by atoms with van der Waals surface area (Å²) in [5.41, 5.74) is 0.390. The number of fused-ring (bicyclic) bond motifs is 1. The molecule has 0 bridgehead atoms. The minimum atomic E-state index is -0.0683. The second-order valence-electron chi connectivity index (χ2n) is 6.17. The lowest BCUT2D eigenvalue weighted by atomic mass is 9.98. The number of amides is 1. The summed E-state index contributed by atoms with van der Waals surface area (Å²) in [6.45, 7) is 3.63. The van der Waals surface area contributed by atoms with E-state index in [9.17, 15) is 4.79 Å². The van der Waals surface area contributed by atoms with Crippen LogP contribution in [0.3, 0.4) is 0 Å². The van der Waals surface area contributed by atoms with Gasteiger partial charge in [-0.15, -0.1) is 0 Å². The number of piperidine rings is 1. The molecule has 0 radical (unpaired) electrons. The van der Waals surface area contributed by atoms with Crippen molar-refractivity contribution in [2.45, 2.75) is 25.1 Å². The van der Waals surface area contributed by atoms with E-state index < -0.39 is 0 Å². The van der Waals surface area contributed by atoms with Crippen LogP contribution in [0.25, 0.3) is 0 Å². The smallest absolute Gasteiger partial charge is 0.274 e. The van der Waals surface area contributed by atoms with Gasteiger partial charge in [-0.1, -0.05) is 0 Å². The Hall–Kier alpha value is -2.25. The summed E-state index contributed by atoms with van der Waals surface area (Å²) in [6, 6.07) is 3.92. The Morgan fingerprint density at radius 3 is 3.08 bits per heavy atom. The normalized spacial score (nSPS) is 24.6. The number of hydrogen-bond acceptors (Lipinski definition) is 6. The highest BCUT2D eigenvalue weighted by molar-refractivity contribution is 5.92. The lowest BCUT2D eigenvalue weighted by Gasteiger charge is -2.46. The van der Waals surface area contributed by atoms with Gasteiger partial charge >= 0.3 is 0 Å². The largest absolute Gasteiger partial charge is 0.468 e. The summed E-state index contributed by atoms with van der Waals surface area (Å²) in [5, 5.41) is 0. The van der Waals surface area contributed by atoms with Gasteiger partial charge in [0.2, 0.25) is 0 Å². The van der Waals surface area contributed by atoms with Crippen molar-refractivity contribution < 1.29 is 13.9 Å². The van der Waals surface area contributed by atoms with Gasteiger partial charge in [0.05, 0.1) is 37.8 Å². The van der Waals surface area contributed by atoms with Crippen LogP contribution in [0.15, 0.2) is 41.4 Å². The number of morpholine rings is 1. The summed E-state index contributed by atoms with van der Waals surface area (Å²) in [6.07, 6.45) is 7.34.